The van der Waals surface area contributed by atoms with Gasteiger partial charge in [-0.25, -0.2) is 5.84 Å². The summed E-state index contributed by atoms with van der Waals surface area (Å²) in [6, 6.07) is 9.99. The van der Waals surface area contributed by atoms with Crippen molar-refractivity contribution in [2.75, 3.05) is 13.2 Å². The normalized spacial score (nSPS) is 11.7. The molecule has 0 amide bonds. The van der Waals surface area contributed by atoms with Crippen LogP contribution in [-0.4, -0.2) is 32.5 Å². The van der Waals surface area contributed by atoms with Gasteiger partial charge in [-0.2, -0.15) is 8.42 Å². The highest BCUT2D eigenvalue weighted by molar-refractivity contribution is 7.86. The summed E-state index contributed by atoms with van der Waals surface area (Å²) >= 11 is 6.28. The van der Waals surface area contributed by atoms with Crippen molar-refractivity contribution in [1.29, 1.82) is 0 Å². The molecule has 0 bridgehead atoms. The molecule has 7 nitrogen and oxygen atoms in total. The van der Waals surface area contributed by atoms with E-state index >= 15 is 0 Å². The summed E-state index contributed by atoms with van der Waals surface area (Å²) in [5, 5.41) is 0.368. The van der Waals surface area contributed by atoms with Crippen LogP contribution < -0.4 is 16.0 Å². The van der Waals surface area contributed by atoms with Crippen LogP contribution in [0, 0.1) is 6.92 Å². The van der Waals surface area contributed by atoms with Gasteiger partial charge in [0.15, 0.2) is 0 Å². The summed E-state index contributed by atoms with van der Waals surface area (Å²) in [4.78, 5) is 3.83. The minimum Gasteiger partial charge on any atom is -0.493 e. The molecule has 0 saturated heterocycles. The van der Waals surface area contributed by atoms with Gasteiger partial charge in [0.1, 0.15) is 10.6 Å². The van der Waals surface area contributed by atoms with E-state index in [0.717, 1.165) is 19.3 Å². The lowest BCUT2D eigenvalue weighted by Gasteiger charge is -2.17. The Hall–Kier alpha value is -2.13. The molecule has 4 N–H and O–H groups in total. The van der Waals surface area contributed by atoms with E-state index in [9.17, 15) is 13.0 Å². The van der Waals surface area contributed by atoms with E-state index in [-0.39, 0.29) is 10.5 Å². The standard InChI is InChI=1S/C19H24ClN3O4S/c1-14-11-17(27-10-6-2-5-9-22-13-23-21)19(18(12-14)28(24,25)26)15-7-3-4-8-16(15)20/h3-4,7-8,11-13H,2,5-6,9-10,21H2,1H3,(H,22,23)(H,24,25,26). The number of nitrogens with one attached hydrogen (secondary N) is 1. The number of benzene rings is 2. The van der Waals surface area contributed by atoms with Crippen LogP contribution in [0.2, 0.25) is 5.02 Å². The molecule has 2 aromatic carbocycles. The molecule has 0 aliphatic heterocycles. The van der Waals surface area contributed by atoms with Gasteiger partial charge in [-0.15, -0.1) is 0 Å². The Kier molecular flexibility index (Phi) is 8.25. The molecule has 152 valence electrons. The summed E-state index contributed by atoms with van der Waals surface area (Å²) in [6.07, 6.45) is 3.97. The van der Waals surface area contributed by atoms with E-state index < -0.39 is 10.1 Å². The zero-order valence-electron chi connectivity index (χ0n) is 15.6. The predicted octanol–water partition coefficient (Wildman–Crippen LogP) is 3.60. The minimum absolute atomic E-state index is 0.223. The average Bonchev–Trinajstić information content (AvgIpc) is 2.63. The quantitative estimate of drug-likeness (QED) is 0.134. The highest BCUT2D eigenvalue weighted by Gasteiger charge is 2.23. The highest BCUT2D eigenvalue weighted by atomic mass is 35.5. The second-order valence-electron chi connectivity index (χ2n) is 6.20. The van der Waals surface area contributed by atoms with Gasteiger partial charge in [0.05, 0.1) is 12.9 Å². The topological polar surface area (TPSA) is 114 Å². The first-order valence-corrected chi connectivity index (χ1v) is 10.6. The van der Waals surface area contributed by atoms with Crippen LogP contribution in [-0.2, 0) is 10.1 Å². The van der Waals surface area contributed by atoms with Crippen LogP contribution >= 0.6 is 11.6 Å². The number of halogens is 1. The molecule has 2 aromatic rings. The molecule has 0 aliphatic rings. The van der Waals surface area contributed by atoms with E-state index in [1.807, 2.05) is 0 Å². The van der Waals surface area contributed by atoms with E-state index in [1.165, 1.54) is 12.4 Å². The molecule has 0 heterocycles. The summed E-state index contributed by atoms with van der Waals surface area (Å²) in [6.45, 7) is 2.79. The highest BCUT2D eigenvalue weighted by Crippen LogP contribution is 2.40. The van der Waals surface area contributed by atoms with Crippen molar-refractivity contribution in [1.82, 2.24) is 5.43 Å². The summed E-state index contributed by atoms with van der Waals surface area (Å²) in [7, 11) is -4.46. The zero-order valence-corrected chi connectivity index (χ0v) is 17.1. The second-order valence-corrected chi connectivity index (χ2v) is 8.00. The van der Waals surface area contributed by atoms with Crippen molar-refractivity contribution in [2.24, 2.45) is 10.8 Å². The average molecular weight is 426 g/mol. The third-order valence-corrected chi connectivity index (χ3v) is 5.19. The summed E-state index contributed by atoms with van der Waals surface area (Å²) in [5.41, 5.74) is 3.74. The lowest BCUT2D eigenvalue weighted by atomic mass is 10.0. The molecule has 0 atom stereocenters. The van der Waals surface area contributed by atoms with Crippen LogP contribution in [0.1, 0.15) is 24.8 Å². The monoisotopic (exact) mass is 425 g/mol. The first kappa shape index (κ1) is 22.2. The number of hydrogen-bond acceptors (Lipinski definition) is 5. The molecular weight excluding hydrogens is 402 g/mol. The van der Waals surface area contributed by atoms with Gasteiger partial charge in [-0.3, -0.25) is 9.55 Å². The van der Waals surface area contributed by atoms with Gasteiger partial charge in [0.2, 0.25) is 0 Å². The Balaban J connectivity index is 2.25. The van der Waals surface area contributed by atoms with E-state index in [1.54, 1.807) is 37.3 Å². The number of nitrogens with zero attached hydrogens (tertiary/aromatic N) is 1. The van der Waals surface area contributed by atoms with Gasteiger partial charge in [-0.1, -0.05) is 29.8 Å². The van der Waals surface area contributed by atoms with E-state index in [2.05, 4.69) is 10.4 Å². The summed E-state index contributed by atoms with van der Waals surface area (Å²) in [5.74, 6) is 5.46. The Morgan fingerprint density at radius 1 is 1.25 bits per heavy atom. The maximum atomic E-state index is 12.0. The van der Waals surface area contributed by atoms with Crippen LogP contribution in [0.25, 0.3) is 11.1 Å². The molecule has 0 spiro atoms. The van der Waals surface area contributed by atoms with Crippen LogP contribution in [0.15, 0.2) is 46.3 Å². The number of aryl methyl sites for hydroxylation is 1. The zero-order chi connectivity index (χ0) is 20.6. The maximum absolute atomic E-state index is 12.0. The van der Waals surface area contributed by atoms with Gasteiger partial charge in [0, 0.05) is 22.7 Å². The molecule has 0 saturated carbocycles. The smallest absolute Gasteiger partial charge is 0.295 e. The molecular formula is C19H24ClN3O4S. The minimum atomic E-state index is -4.46. The number of aliphatic imine (C=N–C) groups is 1. The molecule has 0 aromatic heterocycles. The Labute approximate surface area is 170 Å². The number of hydrazine groups is 1. The largest absolute Gasteiger partial charge is 0.493 e. The van der Waals surface area contributed by atoms with Gasteiger partial charge < -0.3 is 10.2 Å². The molecule has 0 fully saturated rings. The molecule has 28 heavy (non-hydrogen) atoms. The number of unbranched alkanes of at least 4 members (excludes halogenated alkanes) is 2. The molecule has 0 aliphatic carbocycles. The fraction of sp³-hybridized carbons (Fsp3) is 0.316. The fourth-order valence-corrected chi connectivity index (χ4v) is 3.78. The first-order chi connectivity index (χ1) is 13.3. The predicted molar refractivity (Wildman–Crippen MR) is 111 cm³/mol. The van der Waals surface area contributed by atoms with Gasteiger partial charge in [-0.05, 0) is 49.9 Å². The van der Waals surface area contributed by atoms with Crippen LogP contribution in [0.5, 0.6) is 5.75 Å². The lowest BCUT2D eigenvalue weighted by Crippen LogP contribution is -2.19. The second kappa shape index (κ2) is 10.4. The van der Waals surface area contributed by atoms with Crippen molar-refractivity contribution >= 4 is 28.1 Å². The number of hydrogen-bond donors (Lipinski definition) is 3. The molecule has 0 radical (unpaired) electrons. The Morgan fingerprint density at radius 2 is 2.00 bits per heavy atom. The number of rotatable bonds is 10. The fourth-order valence-electron chi connectivity index (χ4n) is 2.75. The van der Waals surface area contributed by atoms with E-state index in [0.29, 0.717) is 35.1 Å². The molecule has 2 rings (SSSR count). The lowest BCUT2D eigenvalue weighted by molar-refractivity contribution is 0.306. The molecule has 0 unspecified atom stereocenters. The Bertz CT molecular complexity index is 933. The summed E-state index contributed by atoms with van der Waals surface area (Å²) < 4.78 is 39.6. The van der Waals surface area contributed by atoms with Crippen molar-refractivity contribution < 1.29 is 17.7 Å². The van der Waals surface area contributed by atoms with Gasteiger partial charge >= 0.3 is 0 Å². The van der Waals surface area contributed by atoms with Crippen LogP contribution in [0.4, 0.5) is 0 Å². The number of nitrogens with two attached hydrogens (primary N) is 1. The SMILES string of the molecule is Cc1cc(OCCCCCN=CNN)c(-c2ccccc2Cl)c(S(=O)(=O)O)c1. The van der Waals surface area contributed by atoms with Gasteiger partial charge in [0.25, 0.3) is 10.1 Å². The van der Waals surface area contributed by atoms with Crippen molar-refractivity contribution in [3.05, 3.63) is 47.0 Å². The first-order valence-electron chi connectivity index (χ1n) is 8.79. The third-order valence-electron chi connectivity index (χ3n) is 3.99. The van der Waals surface area contributed by atoms with Crippen molar-refractivity contribution in [3.63, 3.8) is 0 Å². The maximum Gasteiger partial charge on any atom is 0.295 e. The van der Waals surface area contributed by atoms with E-state index in [4.69, 9.17) is 22.2 Å². The van der Waals surface area contributed by atoms with Crippen LogP contribution in [0.3, 0.4) is 0 Å². The van der Waals surface area contributed by atoms with Crippen molar-refractivity contribution in [3.8, 4) is 16.9 Å². The number of ether oxygens (including phenoxy) is 1. The van der Waals surface area contributed by atoms with Crippen molar-refractivity contribution in [2.45, 2.75) is 31.1 Å². The Morgan fingerprint density at radius 3 is 2.68 bits per heavy atom. The molecule has 9 heteroatoms. The third kappa shape index (κ3) is 6.20.